The van der Waals surface area contributed by atoms with Crippen LogP contribution in [0.5, 0.6) is 0 Å². The molecule has 3 heterocycles. The van der Waals surface area contributed by atoms with Crippen LogP contribution >= 0.6 is 0 Å². The SMILES string of the molecule is Cc1ccc(-n2nc(C(C)(C)C)cc2NC(=O)Nc2ccc(NC3CCNCC3)nc2)cc1. The van der Waals surface area contributed by atoms with Crippen molar-refractivity contribution >= 4 is 23.4 Å². The van der Waals surface area contributed by atoms with E-state index >= 15 is 0 Å². The van der Waals surface area contributed by atoms with Gasteiger partial charge in [0.25, 0.3) is 0 Å². The molecule has 4 rings (SSSR count). The molecule has 2 amide bonds. The van der Waals surface area contributed by atoms with Gasteiger partial charge in [-0.05, 0) is 57.1 Å². The first-order valence-corrected chi connectivity index (χ1v) is 11.5. The van der Waals surface area contributed by atoms with Crippen LogP contribution in [-0.2, 0) is 5.41 Å². The third-order valence-electron chi connectivity index (χ3n) is 5.71. The number of urea groups is 1. The van der Waals surface area contributed by atoms with E-state index in [1.165, 1.54) is 5.56 Å². The molecular weight excluding hydrogens is 414 g/mol. The van der Waals surface area contributed by atoms with Gasteiger partial charge in [-0.3, -0.25) is 5.32 Å². The zero-order valence-corrected chi connectivity index (χ0v) is 19.8. The normalized spacial score (nSPS) is 14.7. The predicted octanol–water partition coefficient (Wildman–Crippen LogP) is 4.68. The number of benzene rings is 1. The van der Waals surface area contributed by atoms with Crippen LogP contribution in [0, 0.1) is 6.92 Å². The standard InChI is InChI=1S/C25H33N7O/c1-17-5-8-20(9-6-17)32-23(15-21(31-32)25(2,3)4)30-24(33)29-19-7-10-22(27-16-19)28-18-11-13-26-14-12-18/h5-10,15-16,18,26H,11-14H2,1-4H3,(H,27,28)(H2,29,30,33). The zero-order valence-electron chi connectivity index (χ0n) is 19.8. The summed E-state index contributed by atoms with van der Waals surface area (Å²) >= 11 is 0. The number of aromatic nitrogens is 3. The summed E-state index contributed by atoms with van der Waals surface area (Å²) in [5.74, 6) is 1.43. The molecule has 8 nitrogen and oxygen atoms in total. The molecule has 0 saturated carbocycles. The Kier molecular flexibility index (Phi) is 6.65. The van der Waals surface area contributed by atoms with Crippen molar-refractivity contribution in [1.29, 1.82) is 0 Å². The Labute approximate surface area is 195 Å². The highest BCUT2D eigenvalue weighted by Gasteiger charge is 2.21. The maximum absolute atomic E-state index is 12.8. The van der Waals surface area contributed by atoms with Crippen molar-refractivity contribution in [2.45, 2.75) is 52.0 Å². The minimum atomic E-state index is -0.343. The van der Waals surface area contributed by atoms with Crippen molar-refractivity contribution in [2.75, 3.05) is 29.0 Å². The van der Waals surface area contributed by atoms with Crippen LogP contribution in [0.4, 0.5) is 22.1 Å². The van der Waals surface area contributed by atoms with E-state index in [4.69, 9.17) is 5.10 Å². The number of nitrogens with one attached hydrogen (secondary N) is 4. The number of hydrogen-bond acceptors (Lipinski definition) is 5. The lowest BCUT2D eigenvalue weighted by molar-refractivity contribution is 0.262. The van der Waals surface area contributed by atoms with Crippen molar-refractivity contribution in [3.63, 3.8) is 0 Å². The number of pyridine rings is 1. The van der Waals surface area contributed by atoms with E-state index in [0.717, 1.165) is 43.1 Å². The minimum absolute atomic E-state index is 0.149. The highest BCUT2D eigenvalue weighted by atomic mass is 16.2. The first-order chi connectivity index (χ1) is 15.8. The first-order valence-electron chi connectivity index (χ1n) is 11.5. The molecule has 2 aromatic heterocycles. The number of anilines is 3. The number of carbonyl (C=O) groups is 1. The van der Waals surface area contributed by atoms with Crippen LogP contribution in [0.15, 0.2) is 48.7 Å². The van der Waals surface area contributed by atoms with Crippen LogP contribution in [0.3, 0.4) is 0 Å². The third-order valence-corrected chi connectivity index (χ3v) is 5.71. The van der Waals surface area contributed by atoms with Gasteiger partial charge in [-0.15, -0.1) is 0 Å². The second-order valence-corrected chi connectivity index (χ2v) is 9.59. The smallest absolute Gasteiger partial charge is 0.324 e. The van der Waals surface area contributed by atoms with Crippen LogP contribution in [-0.4, -0.2) is 39.9 Å². The number of aryl methyl sites for hydroxylation is 1. The van der Waals surface area contributed by atoms with Crippen LogP contribution < -0.4 is 21.3 Å². The maximum atomic E-state index is 12.8. The molecule has 0 radical (unpaired) electrons. The number of rotatable bonds is 5. The van der Waals surface area contributed by atoms with Gasteiger partial charge < -0.3 is 16.0 Å². The molecule has 1 aliphatic heterocycles. The van der Waals surface area contributed by atoms with Crippen molar-refractivity contribution in [2.24, 2.45) is 0 Å². The van der Waals surface area contributed by atoms with E-state index in [1.54, 1.807) is 10.9 Å². The lowest BCUT2D eigenvalue weighted by atomic mass is 9.92. The lowest BCUT2D eigenvalue weighted by Crippen LogP contribution is -2.35. The first kappa shape index (κ1) is 22.8. The fraction of sp³-hybridized carbons (Fsp3) is 0.400. The van der Waals surface area contributed by atoms with Crippen molar-refractivity contribution < 1.29 is 4.79 Å². The molecule has 8 heteroatoms. The van der Waals surface area contributed by atoms with E-state index in [1.807, 2.05) is 49.4 Å². The zero-order chi connectivity index (χ0) is 23.4. The molecule has 33 heavy (non-hydrogen) atoms. The summed E-state index contributed by atoms with van der Waals surface area (Å²) in [5.41, 5.74) is 3.43. The fourth-order valence-electron chi connectivity index (χ4n) is 3.73. The molecule has 1 fully saturated rings. The van der Waals surface area contributed by atoms with Gasteiger partial charge >= 0.3 is 6.03 Å². The molecule has 0 aliphatic carbocycles. The van der Waals surface area contributed by atoms with E-state index in [0.29, 0.717) is 17.5 Å². The minimum Gasteiger partial charge on any atom is -0.367 e. The van der Waals surface area contributed by atoms with Gasteiger partial charge in [-0.25, -0.2) is 14.5 Å². The summed E-state index contributed by atoms with van der Waals surface area (Å²) in [4.78, 5) is 17.2. The van der Waals surface area contributed by atoms with Gasteiger partial charge in [0.1, 0.15) is 11.6 Å². The second kappa shape index (κ2) is 9.62. The molecule has 0 bridgehead atoms. The van der Waals surface area contributed by atoms with E-state index in [2.05, 4.69) is 47.0 Å². The van der Waals surface area contributed by atoms with E-state index < -0.39 is 0 Å². The molecular formula is C25H33N7O. The summed E-state index contributed by atoms with van der Waals surface area (Å²) < 4.78 is 1.77. The Morgan fingerprint density at radius 1 is 1.06 bits per heavy atom. The Morgan fingerprint density at radius 3 is 2.42 bits per heavy atom. The summed E-state index contributed by atoms with van der Waals surface area (Å²) in [7, 11) is 0. The predicted molar refractivity (Wildman–Crippen MR) is 133 cm³/mol. The van der Waals surface area contributed by atoms with Gasteiger partial charge in [-0.1, -0.05) is 38.5 Å². The monoisotopic (exact) mass is 447 g/mol. The van der Waals surface area contributed by atoms with Gasteiger partial charge in [0, 0.05) is 17.5 Å². The number of piperidine rings is 1. The molecule has 0 spiro atoms. The molecule has 0 atom stereocenters. The quantitative estimate of drug-likeness (QED) is 0.455. The summed E-state index contributed by atoms with van der Waals surface area (Å²) in [6.45, 7) is 10.4. The molecule has 0 unspecified atom stereocenters. The summed E-state index contributed by atoms with van der Waals surface area (Å²) in [5, 5.41) is 17.4. The van der Waals surface area contributed by atoms with Crippen molar-refractivity contribution in [3.8, 4) is 5.69 Å². The van der Waals surface area contributed by atoms with E-state index in [-0.39, 0.29) is 11.4 Å². The second-order valence-electron chi connectivity index (χ2n) is 9.59. The maximum Gasteiger partial charge on any atom is 0.324 e. The van der Waals surface area contributed by atoms with Gasteiger partial charge in [0.05, 0.1) is 23.3 Å². The molecule has 4 N–H and O–H groups in total. The van der Waals surface area contributed by atoms with Crippen LogP contribution in [0.2, 0.25) is 0 Å². The van der Waals surface area contributed by atoms with Crippen LogP contribution in [0.1, 0.15) is 44.9 Å². The fourth-order valence-corrected chi connectivity index (χ4v) is 3.73. The molecule has 3 aromatic rings. The number of amides is 2. The van der Waals surface area contributed by atoms with Crippen molar-refractivity contribution in [1.82, 2.24) is 20.1 Å². The molecule has 174 valence electrons. The lowest BCUT2D eigenvalue weighted by Gasteiger charge is -2.24. The third kappa shape index (κ3) is 5.90. The highest BCUT2D eigenvalue weighted by Crippen LogP contribution is 2.26. The summed E-state index contributed by atoms with van der Waals surface area (Å²) in [6.07, 6.45) is 3.82. The Balaban J connectivity index is 1.45. The molecule has 1 aliphatic rings. The van der Waals surface area contributed by atoms with Crippen molar-refractivity contribution in [3.05, 3.63) is 59.9 Å². The van der Waals surface area contributed by atoms with Gasteiger partial charge in [0.2, 0.25) is 0 Å². The molecule has 1 saturated heterocycles. The van der Waals surface area contributed by atoms with Gasteiger partial charge in [-0.2, -0.15) is 5.10 Å². The average Bonchev–Trinajstić information content (AvgIpc) is 3.20. The highest BCUT2D eigenvalue weighted by molar-refractivity contribution is 5.99. The van der Waals surface area contributed by atoms with E-state index in [9.17, 15) is 4.79 Å². The molecule has 1 aromatic carbocycles. The summed E-state index contributed by atoms with van der Waals surface area (Å²) in [6, 6.07) is 13.8. The Hall–Kier alpha value is -3.39. The topological polar surface area (TPSA) is 95.9 Å². The Bertz CT molecular complexity index is 1080. The van der Waals surface area contributed by atoms with Gasteiger partial charge in [0.15, 0.2) is 0 Å². The van der Waals surface area contributed by atoms with Crippen LogP contribution in [0.25, 0.3) is 5.69 Å². The number of hydrogen-bond donors (Lipinski definition) is 4. The largest absolute Gasteiger partial charge is 0.367 e. The average molecular weight is 448 g/mol. The number of carbonyl (C=O) groups excluding carboxylic acids is 1. The number of nitrogens with zero attached hydrogens (tertiary/aromatic N) is 3. The Morgan fingerprint density at radius 2 is 1.79 bits per heavy atom.